The second kappa shape index (κ2) is 46.3. The first kappa shape index (κ1) is 54.6. The number of ether oxygens (including phenoxy) is 3. The van der Waals surface area contributed by atoms with Gasteiger partial charge in [0.05, 0.1) is 0 Å². The third-order valence-corrected chi connectivity index (χ3v) is 10.6. The van der Waals surface area contributed by atoms with Crippen molar-refractivity contribution in [1.29, 1.82) is 0 Å². The molecule has 6 nitrogen and oxygen atoms in total. The lowest BCUT2D eigenvalue weighted by Crippen LogP contribution is -2.30. The maximum Gasteiger partial charge on any atom is 0.306 e. The lowest BCUT2D eigenvalue weighted by atomic mass is 10.0. The molecule has 1 atom stereocenters. The van der Waals surface area contributed by atoms with Crippen molar-refractivity contribution in [3.05, 3.63) is 36.5 Å². The van der Waals surface area contributed by atoms with Crippen LogP contribution in [0.25, 0.3) is 0 Å². The Balaban J connectivity index is 4.41. The highest BCUT2D eigenvalue weighted by molar-refractivity contribution is 5.71. The first-order chi connectivity index (χ1) is 28.0. The molecule has 0 saturated carbocycles. The van der Waals surface area contributed by atoms with E-state index in [1.165, 1.54) is 141 Å². The molecule has 0 radical (unpaired) electrons. The average molecular weight is 801 g/mol. The van der Waals surface area contributed by atoms with Crippen molar-refractivity contribution >= 4 is 17.9 Å². The summed E-state index contributed by atoms with van der Waals surface area (Å²) < 4.78 is 16.7. The SMILES string of the molecule is CCCCC/C=C\C/C=C\C/C=C\CCCCC(=O)OC[C@H](COC(=O)CCCCCCCCCCCCC)OC(=O)CCCCCCCCCCCCCCC. The van der Waals surface area contributed by atoms with Crippen LogP contribution in [0.4, 0.5) is 0 Å². The van der Waals surface area contributed by atoms with Crippen LogP contribution >= 0.6 is 0 Å². The molecule has 0 rings (SSSR count). The molecule has 0 spiro atoms. The largest absolute Gasteiger partial charge is 0.462 e. The van der Waals surface area contributed by atoms with Crippen LogP contribution in [0.15, 0.2) is 36.5 Å². The van der Waals surface area contributed by atoms with Crippen molar-refractivity contribution in [2.75, 3.05) is 13.2 Å². The van der Waals surface area contributed by atoms with Crippen molar-refractivity contribution in [3.63, 3.8) is 0 Å². The molecule has 0 aromatic carbocycles. The Morgan fingerprint density at radius 3 is 1.02 bits per heavy atom. The summed E-state index contributed by atoms with van der Waals surface area (Å²) in [6.07, 6.45) is 52.6. The van der Waals surface area contributed by atoms with E-state index < -0.39 is 6.10 Å². The van der Waals surface area contributed by atoms with Crippen molar-refractivity contribution in [1.82, 2.24) is 0 Å². The van der Waals surface area contributed by atoms with Crippen LogP contribution in [0.5, 0.6) is 0 Å². The Morgan fingerprint density at radius 1 is 0.351 bits per heavy atom. The first-order valence-corrected chi connectivity index (χ1v) is 24.5. The molecule has 0 unspecified atom stereocenters. The smallest absolute Gasteiger partial charge is 0.306 e. The minimum absolute atomic E-state index is 0.0804. The van der Waals surface area contributed by atoms with E-state index in [0.29, 0.717) is 19.3 Å². The number of hydrogen-bond acceptors (Lipinski definition) is 6. The molecule has 0 aliphatic rings. The van der Waals surface area contributed by atoms with E-state index in [0.717, 1.165) is 70.6 Å². The molecule has 0 saturated heterocycles. The molecule has 0 aliphatic heterocycles. The molecular formula is C51H92O6. The zero-order valence-corrected chi connectivity index (χ0v) is 37.9. The fraction of sp³-hybridized carbons (Fsp3) is 0.824. The second-order valence-corrected chi connectivity index (χ2v) is 16.4. The third-order valence-electron chi connectivity index (χ3n) is 10.6. The Bertz CT molecular complexity index is 969. The second-order valence-electron chi connectivity index (χ2n) is 16.4. The van der Waals surface area contributed by atoms with Crippen LogP contribution < -0.4 is 0 Å². The Kier molecular flexibility index (Phi) is 44.4. The van der Waals surface area contributed by atoms with Crippen LogP contribution in [0.1, 0.15) is 252 Å². The Labute approximate surface area is 353 Å². The number of unbranched alkanes of at least 4 members (excludes halogenated alkanes) is 27. The number of rotatable bonds is 44. The standard InChI is InChI=1S/C51H92O6/c1-4-7-10-13-16-19-22-24-25-27-29-32-35-38-41-44-50(53)56-47-48(46-55-49(52)43-40-37-34-31-28-21-18-15-12-9-6-3)57-51(54)45-42-39-36-33-30-26-23-20-17-14-11-8-5-2/h16,19,24-25,29,32,48H,4-15,17-18,20-23,26-28,30-31,33-47H2,1-3H3/b19-16-,25-24-,32-29-/t48-/m0/s1. The summed E-state index contributed by atoms with van der Waals surface area (Å²) in [7, 11) is 0. The predicted molar refractivity (Wildman–Crippen MR) is 242 cm³/mol. The molecule has 0 heterocycles. The molecule has 6 heteroatoms. The van der Waals surface area contributed by atoms with Gasteiger partial charge in [0.25, 0.3) is 0 Å². The summed E-state index contributed by atoms with van der Waals surface area (Å²) in [5.41, 5.74) is 0. The summed E-state index contributed by atoms with van der Waals surface area (Å²) in [5, 5.41) is 0. The van der Waals surface area contributed by atoms with E-state index in [9.17, 15) is 14.4 Å². The fourth-order valence-corrected chi connectivity index (χ4v) is 6.92. The lowest BCUT2D eigenvalue weighted by molar-refractivity contribution is -0.167. The molecule has 0 bridgehead atoms. The lowest BCUT2D eigenvalue weighted by Gasteiger charge is -2.18. The van der Waals surface area contributed by atoms with E-state index >= 15 is 0 Å². The number of allylic oxidation sites excluding steroid dienone is 6. The van der Waals surface area contributed by atoms with Gasteiger partial charge in [-0.25, -0.2) is 0 Å². The highest BCUT2D eigenvalue weighted by Gasteiger charge is 2.19. The zero-order valence-electron chi connectivity index (χ0n) is 37.9. The highest BCUT2D eigenvalue weighted by Crippen LogP contribution is 2.15. The minimum Gasteiger partial charge on any atom is -0.462 e. The summed E-state index contributed by atoms with van der Waals surface area (Å²) >= 11 is 0. The van der Waals surface area contributed by atoms with Gasteiger partial charge in [-0.3, -0.25) is 14.4 Å². The van der Waals surface area contributed by atoms with Gasteiger partial charge in [0.15, 0.2) is 6.10 Å². The van der Waals surface area contributed by atoms with Crippen LogP contribution in [0.3, 0.4) is 0 Å². The van der Waals surface area contributed by atoms with Gasteiger partial charge in [0.1, 0.15) is 13.2 Å². The normalized spacial score (nSPS) is 12.3. The zero-order chi connectivity index (χ0) is 41.5. The van der Waals surface area contributed by atoms with Crippen LogP contribution in [-0.4, -0.2) is 37.2 Å². The molecule has 0 fully saturated rings. The number of esters is 3. The Morgan fingerprint density at radius 2 is 0.632 bits per heavy atom. The number of hydrogen-bond donors (Lipinski definition) is 0. The predicted octanol–water partition coefficient (Wildman–Crippen LogP) is 15.8. The molecule has 0 N–H and O–H groups in total. The molecule has 332 valence electrons. The van der Waals surface area contributed by atoms with Crippen molar-refractivity contribution in [3.8, 4) is 0 Å². The van der Waals surface area contributed by atoms with E-state index in [-0.39, 0.29) is 31.1 Å². The summed E-state index contributed by atoms with van der Waals surface area (Å²) in [6, 6.07) is 0. The van der Waals surface area contributed by atoms with Gasteiger partial charge in [-0.15, -0.1) is 0 Å². The fourth-order valence-electron chi connectivity index (χ4n) is 6.92. The first-order valence-electron chi connectivity index (χ1n) is 24.5. The number of carbonyl (C=O) groups is 3. The quantitative estimate of drug-likeness (QED) is 0.0264. The topological polar surface area (TPSA) is 78.9 Å². The third kappa shape index (κ3) is 44.6. The monoisotopic (exact) mass is 801 g/mol. The molecular weight excluding hydrogens is 709 g/mol. The highest BCUT2D eigenvalue weighted by atomic mass is 16.6. The van der Waals surface area contributed by atoms with Crippen molar-refractivity contribution < 1.29 is 28.6 Å². The van der Waals surface area contributed by atoms with Gasteiger partial charge in [0.2, 0.25) is 0 Å². The maximum absolute atomic E-state index is 12.7. The average Bonchev–Trinajstić information content (AvgIpc) is 3.21. The molecule has 0 amide bonds. The van der Waals surface area contributed by atoms with Gasteiger partial charge in [-0.1, -0.05) is 211 Å². The van der Waals surface area contributed by atoms with Crippen LogP contribution in [-0.2, 0) is 28.6 Å². The maximum atomic E-state index is 12.7. The van der Waals surface area contributed by atoms with Crippen LogP contribution in [0.2, 0.25) is 0 Å². The molecule has 0 aromatic heterocycles. The Hall–Kier alpha value is -2.37. The molecule has 0 aliphatic carbocycles. The number of carbonyl (C=O) groups excluding carboxylic acids is 3. The molecule has 57 heavy (non-hydrogen) atoms. The molecule has 0 aromatic rings. The summed E-state index contributed by atoms with van der Waals surface area (Å²) in [5.74, 6) is -0.913. The summed E-state index contributed by atoms with van der Waals surface area (Å²) in [6.45, 7) is 6.58. The minimum atomic E-state index is -0.780. The van der Waals surface area contributed by atoms with E-state index in [1.807, 2.05) is 0 Å². The van der Waals surface area contributed by atoms with E-state index in [1.54, 1.807) is 0 Å². The van der Waals surface area contributed by atoms with Gasteiger partial charge < -0.3 is 14.2 Å². The van der Waals surface area contributed by atoms with Gasteiger partial charge >= 0.3 is 17.9 Å². The van der Waals surface area contributed by atoms with Crippen LogP contribution in [0, 0.1) is 0 Å². The van der Waals surface area contributed by atoms with Gasteiger partial charge in [-0.05, 0) is 57.8 Å². The van der Waals surface area contributed by atoms with Crippen molar-refractivity contribution in [2.45, 2.75) is 258 Å². The van der Waals surface area contributed by atoms with Gasteiger partial charge in [0, 0.05) is 19.3 Å². The van der Waals surface area contributed by atoms with Gasteiger partial charge in [-0.2, -0.15) is 0 Å². The van der Waals surface area contributed by atoms with Crippen molar-refractivity contribution in [2.24, 2.45) is 0 Å². The summed E-state index contributed by atoms with van der Waals surface area (Å²) in [4.78, 5) is 37.8. The van der Waals surface area contributed by atoms with E-state index in [2.05, 4.69) is 57.2 Å². The van der Waals surface area contributed by atoms with E-state index in [4.69, 9.17) is 14.2 Å².